The quantitative estimate of drug-likeness (QED) is 0.296. The smallest absolute Gasteiger partial charge is 0.208 e. The summed E-state index contributed by atoms with van der Waals surface area (Å²) in [6.07, 6.45) is 11.4. The normalized spacial score (nSPS) is 16.7. The first-order valence-corrected chi connectivity index (χ1v) is 13.8. The molecule has 0 saturated carbocycles. The van der Waals surface area contributed by atoms with Gasteiger partial charge < -0.3 is 4.90 Å². The molecule has 1 heterocycles. The van der Waals surface area contributed by atoms with Gasteiger partial charge in [-0.05, 0) is 87.3 Å². The van der Waals surface area contributed by atoms with Gasteiger partial charge in [-0.2, -0.15) is 0 Å². The molecule has 0 unspecified atom stereocenters. The average molecular weight is 485 g/mol. The molecule has 0 spiro atoms. The SMILES string of the molecule is C=C(C=CN=CC)c1cc(C)c(C)c(C(=NC=C(C)CC)N2CCC(CNS(C)(=O)=O)CC2)c1. The van der Waals surface area contributed by atoms with Crippen LogP contribution in [0.4, 0.5) is 0 Å². The van der Waals surface area contributed by atoms with Crippen molar-refractivity contribution in [2.45, 2.75) is 53.9 Å². The molecule has 0 atom stereocenters. The van der Waals surface area contributed by atoms with Crippen LogP contribution in [0, 0.1) is 19.8 Å². The van der Waals surface area contributed by atoms with E-state index in [2.05, 4.69) is 61.0 Å². The van der Waals surface area contributed by atoms with E-state index >= 15 is 0 Å². The molecule has 6 nitrogen and oxygen atoms in total. The minimum absolute atomic E-state index is 0.332. The van der Waals surface area contributed by atoms with Gasteiger partial charge in [0.1, 0.15) is 5.84 Å². The molecule has 1 fully saturated rings. The Labute approximate surface area is 206 Å². The first-order valence-electron chi connectivity index (χ1n) is 11.9. The van der Waals surface area contributed by atoms with Crippen LogP contribution in [0.3, 0.4) is 0 Å². The summed E-state index contributed by atoms with van der Waals surface area (Å²) in [5, 5.41) is 0. The maximum Gasteiger partial charge on any atom is 0.208 e. The summed E-state index contributed by atoms with van der Waals surface area (Å²) >= 11 is 0. The number of allylic oxidation sites excluding steroid dienone is 3. The van der Waals surface area contributed by atoms with E-state index in [9.17, 15) is 8.42 Å². The van der Waals surface area contributed by atoms with E-state index in [1.165, 1.54) is 23.0 Å². The number of aliphatic imine (C=N–C) groups is 2. The summed E-state index contributed by atoms with van der Waals surface area (Å²) in [7, 11) is -3.17. The molecule has 2 rings (SSSR count). The zero-order chi connectivity index (χ0) is 25.3. The van der Waals surface area contributed by atoms with Crippen molar-refractivity contribution in [2.24, 2.45) is 15.9 Å². The summed E-state index contributed by atoms with van der Waals surface area (Å²) in [5.41, 5.74) is 6.68. The summed E-state index contributed by atoms with van der Waals surface area (Å²) in [6.45, 7) is 16.8. The van der Waals surface area contributed by atoms with Gasteiger partial charge in [0.25, 0.3) is 0 Å². The fourth-order valence-corrected chi connectivity index (χ4v) is 4.33. The van der Waals surface area contributed by atoms with Crippen LogP contribution in [0.1, 0.15) is 62.3 Å². The number of rotatable bonds is 9. The van der Waals surface area contributed by atoms with E-state index in [1.54, 1.807) is 12.4 Å². The van der Waals surface area contributed by atoms with E-state index in [-0.39, 0.29) is 0 Å². The van der Waals surface area contributed by atoms with Crippen LogP contribution in [-0.2, 0) is 10.0 Å². The molecule has 0 amide bonds. The maximum atomic E-state index is 11.5. The number of benzene rings is 1. The Balaban J connectivity index is 2.39. The molecule has 1 aromatic rings. The van der Waals surface area contributed by atoms with E-state index in [4.69, 9.17) is 4.99 Å². The molecule has 7 heteroatoms. The Morgan fingerprint density at radius 2 is 1.94 bits per heavy atom. The lowest BCUT2D eigenvalue weighted by Gasteiger charge is -2.35. The molecule has 34 heavy (non-hydrogen) atoms. The van der Waals surface area contributed by atoms with E-state index < -0.39 is 10.0 Å². The second-order valence-electron chi connectivity index (χ2n) is 9.05. The molecule has 1 N–H and O–H groups in total. The summed E-state index contributed by atoms with van der Waals surface area (Å²) < 4.78 is 25.6. The molecule has 1 aliphatic heterocycles. The van der Waals surface area contributed by atoms with Gasteiger partial charge in [0, 0.05) is 43.8 Å². The van der Waals surface area contributed by atoms with Crippen LogP contribution < -0.4 is 4.72 Å². The third-order valence-electron chi connectivity index (χ3n) is 6.30. The third kappa shape index (κ3) is 8.37. The fourth-order valence-electron chi connectivity index (χ4n) is 3.79. The van der Waals surface area contributed by atoms with E-state index in [0.29, 0.717) is 12.5 Å². The highest BCUT2D eigenvalue weighted by molar-refractivity contribution is 7.88. The minimum atomic E-state index is -3.17. The molecule has 1 aliphatic rings. The number of nitrogens with zero attached hydrogens (tertiary/aromatic N) is 3. The minimum Gasteiger partial charge on any atom is -0.356 e. The second kappa shape index (κ2) is 12.8. The number of nitrogens with one attached hydrogen (secondary N) is 1. The van der Waals surface area contributed by atoms with Crippen molar-refractivity contribution >= 4 is 27.6 Å². The van der Waals surface area contributed by atoms with Gasteiger partial charge in [0.15, 0.2) is 0 Å². The van der Waals surface area contributed by atoms with Crippen molar-refractivity contribution < 1.29 is 8.42 Å². The number of likely N-dealkylation sites (tertiary alicyclic amines) is 1. The summed E-state index contributed by atoms with van der Waals surface area (Å²) in [5.74, 6) is 1.30. The average Bonchev–Trinajstić information content (AvgIpc) is 2.80. The highest BCUT2D eigenvalue weighted by atomic mass is 32.2. The molecule has 0 aliphatic carbocycles. The van der Waals surface area contributed by atoms with Crippen LogP contribution in [0.25, 0.3) is 5.57 Å². The van der Waals surface area contributed by atoms with Crippen LogP contribution in [0.15, 0.2) is 52.7 Å². The molecule has 1 saturated heterocycles. The van der Waals surface area contributed by atoms with E-state index in [1.807, 2.05) is 19.2 Å². The number of piperidine rings is 1. The topological polar surface area (TPSA) is 74.1 Å². The van der Waals surface area contributed by atoms with Crippen LogP contribution in [0.5, 0.6) is 0 Å². The number of sulfonamides is 1. The predicted molar refractivity (Wildman–Crippen MR) is 146 cm³/mol. The Hall–Kier alpha value is -2.51. The zero-order valence-electron chi connectivity index (χ0n) is 21.6. The van der Waals surface area contributed by atoms with Crippen LogP contribution in [0.2, 0.25) is 0 Å². The van der Waals surface area contributed by atoms with Gasteiger partial charge in [-0.15, -0.1) is 0 Å². The van der Waals surface area contributed by atoms with Gasteiger partial charge in [-0.25, -0.2) is 18.1 Å². The second-order valence-corrected chi connectivity index (χ2v) is 10.9. The molecule has 0 aromatic heterocycles. The van der Waals surface area contributed by atoms with Crippen molar-refractivity contribution in [2.75, 3.05) is 25.9 Å². The third-order valence-corrected chi connectivity index (χ3v) is 6.99. The van der Waals surface area contributed by atoms with Crippen molar-refractivity contribution in [3.05, 3.63) is 65.0 Å². The van der Waals surface area contributed by atoms with Crippen molar-refractivity contribution in [3.8, 4) is 0 Å². The fraction of sp³-hybridized carbons (Fsp3) is 0.481. The largest absolute Gasteiger partial charge is 0.356 e. The lowest BCUT2D eigenvalue weighted by atomic mass is 9.93. The Kier molecular flexibility index (Phi) is 10.5. The first-order chi connectivity index (χ1) is 16.1. The molecular formula is C27H40N4O2S. The summed E-state index contributed by atoms with van der Waals surface area (Å²) in [4.78, 5) is 11.5. The monoisotopic (exact) mass is 484 g/mol. The van der Waals surface area contributed by atoms with Gasteiger partial charge in [-0.1, -0.05) is 25.1 Å². The highest BCUT2D eigenvalue weighted by Crippen LogP contribution is 2.26. The molecule has 1 aromatic carbocycles. The number of hydrogen-bond acceptors (Lipinski definition) is 4. The standard InChI is InChI=1S/C27H40N4O2S/c1-8-20(3)18-29-27(31-14-11-24(12-15-31)19-30-34(7,32)33)26-17-25(16-22(5)23(26)6)21(4)10-13-28-9-2/h9-10,13,16-18,24,30H,4,8,11-12,14-15,19H2,1-3,5-7H3. The Morgan fingerprint density at radius 1 is 1.26 bits per heavy atom. The zero-order valence-corrected chi connectivity index (χ0v) is 22.4. The first kappa shape index (κ1) is 27.7. The van der Waals surface area contributed by atoms with Crippen LogP contribution >= 0.6 is 0 Å². The Morgan fingerprint density at radius 3 is 2.53 bits per heavy atom. The predicted octanol–water partition coefficient (Wildman–Crippen LogP) is 5.24. The van der Waals surface area contributed by atoms with Crippen molar-refractivity contribution in [3.63, 3.8) is 0 Å². The van der Waals surface area contributed by atoms with Crippen molar-refractivity contribution in [1.29, 1.82) is 0 Å². The number of aryl methyl sites for hydroxylation is 1. The lowest BCUT2D eigenvalue weighted by molar-refractivity contribution is 0.267. The Bertz CT molecular complexity index is 1090. The maximum absolute atomic E-state index is 11.5. The molecule has 0 bridgehead atoms. The molecule has 0 radical (unpaired) electrons. The lowest BCUT2D eigenvalue weighted by Crippen LogP contribution is -2.42. The van der Waals surface area contributed by atoms with Gasteiger partial charge in [0.05, 0.1) is 6.26 Å². The number of amidine groups is 1. The number of hydrogen-bond donors (Lipinski definition) is 1. The van der Waals surface area contributed by atoms with Gasteiger partial charge in [0.2, 0.25) is 10.0 Å². The van der Waals surface area contributed by atoms with Gasteiger partial charge >= 0.3 is 0 Å². The van der Waals surface area contributed by atoms with E-state index in [0.717, 1.165) is 54.9 Å². The van der Waals surface area contributed by atoms with Crippen LogP contribution in [-0.4, -0.2) is 51.3 Å². The van der Waals surface area contributed by atoms with Crippen molar-refractivity contribution in [1.82, 2.24) is 9.62 Å². The molecule has 186 valence electrons. The summed E-state index contributed by atoms with van der Waals surface area (Å²) in [6, 6.07) is 4.34. The molecular weight excluding hydrogens is 444 g/mol. The van der Waals surface area contributed by atoms with Gasteiger partial charge in [-0.3, -0.25) is 4.99 Å². The highest BCUT2D eigenvalue weighted by Gasteiger charge is 2.24.